The van der Waals surface area contributed by atoms with Gasteiger partial charge in [-0.3, -0.25) is 0 Å². The predicted octanol–water partition coefficient (Wildman–Crippen LogP) is 1.21. The predicted molar refractivity (Wildman–Crippen MR) is 99.8 cm³/mol. The number of ether oxygens (including phenoxy) is 2. The van der Waals surface area contributed by atoms with Gasteiger partial charge in [0.1, 0.15) is 39.3 Å². The topological polar surface area (TPSA) is 27.3 Å². The van der Waals surface area contributed by atoms with Crippen molar-refractivity contribution in [1.82, 2.24) is 0 Å². The first-order valence-electron chi connectivity index (χ1n) is 9.44. The van der Waals surface area contributed by atoms with Crippen LogP contribution in [-0.2, 0) is 19.3 Å². The number of benzene rings is 2. The van der Waals surface area contributed by atoms with Gasteiger partial charge in [0, 0.05) is 5.56 Å². The summed E-state index contributed by atoms with van der Waals surface area (Å²) >= 11 is 0. The van der Waals surface area contributed by atoms with Crippen LogP contribution in [0.25, 0.3) is 0 Å². The summed E-state index contributed by atoms with van der Waals surface area (Å²) < 4.78 is 50.5. The Hall–Kier alpha value is -2.25. The highest BCUT2D eigenvalue weighted by Gasteiger charge is 2.34. The molecule has 1 fully saturated rings. The van der Waals surface area contributed by atoms with Crippen LogP contribution >= 0.6 is 0 Å². The Morgan fingerprint density at radius 3 is 1.93 bits per heavy atom. The third kappa shape index (κ3) is 4.77. The fraction of sp³-hybridized carbons (Fsp3) is 0.429. The molecule has 1 heterocycles. The van der Waals surface area contributed by atoms with Gasteiger partial charge in [0.15, 0.2) is 11.5 Å². The Labute approximate surface area is 163 Å². The van der Waals surface area contributed by atoms with Gasteiger partial charge in [-0.1, -0.05) is 24.3 Å². The van der Waals surface area contributed by atoms with E-state index >= 15 is 0 Å². The Morgan fingerprint density at radius 2 is 1.36 bits per heavy atom. The maximum Gasteiger partial charge on any atom is 0.416 e. The molecule has 0 atom stereocenters. The van der Waals surface area contributed by atoms with E-state index in [1.54, 1.807) is 26.4 Å². The number of alkyl halides is 3. The normalized spacial score (nSPS) is 20.0. The molecule has 0 spiro atoms. The van der Waals surface area contributed by atoms with Crippen LogP contribution in [0.1, 0.15) is 16.7 Å². The first-order chi connectivity index (χ1) is 13.4. The third-order valence-electron chi connectivity index (χ3n) is 5.35. The van der Waals surface area contributed by atoms with E-state index in [9.17, 15) is 13.2 Å². The van der Waals surface area contributed by atoms with Crippen molar-refractivity contribution in [2.75, 3.05) is 40.4 Å². The number of para-hydroxylation sites is 1. The SMILES string of the molecule is COc1cccc(C[NH+]2CC[NH+](Cc3ccccc3C(F)(F)F)CC2)c1OC. The van der Waals surface area contributed by atoms with Crippen molar-refractivity contribution in [3.8, 4) is 11.5 Å². The summed E-state index contributed by atoms with van der Waals surface area (Å²) in [4.78, 5) is 2.59. The zero-order valence-electron chi connectivity index (χ0n) is 16.2. The Morgan fingerprint density at radius 1 is 0.786 bits per heavy atom. The number of quaternary nitrogens is 2. The van der Waals surface area contributed by atoms with Crippen LogP contribution in [0.4, 0.5) is 13.2 Å². The molecule has 0 unspecified atom stereocenters. The lowest BCUT2D eigenvalue weighted by atomic mass is 10.1. The second-order valence-electron chi connectivity index (χ2n) is 7.16. The maximum absolute atomic E-state index is 13.2. The fourth-order valence-electron chi connectivity index (χ4n) is 3.89. The van der Waals surface area contributed by atoms with Crippen LogP contribution in [-0.4, -0.2) is 40.4 Å². The van der Waals surface area contributed by atoms with E-state index in [2.05, 4.69) is 0 Å². The largest absolute Gasteiger partial charge is 0.493 e. The fourth-order valence-corrected chi connectivity index (χ4v) is 3.89. The van der Waals surface area contributed by atoms with E-state index in [0.717, 1.165) is 44.0 Å². The van der Waals surface area contributed by atoms with Crippen molar-refractivity contribution in [3.05, 3.63) is 59.2 Å². The summed E-state index contributed by atoms with van der Waals surface area (Å²) in [5.74, 6) is 1.47. The van der Waals surface area contributed by atoms with E-state index in [0.29, 0.717) is 17.9 Å². The summed E-state index contributed by atoms with van der Waals surface area (Å²) in [7, 11) is 3.26. The molecule has 0 amide bonds. The number of piperazine rings is 1. The molecule has 0 saturated carbocycles. The lowest BCUT2D eigenvalue weighted by Gasteiger charge is -2.30. The van der Waals surface area contributed by atoms with Gasteiger partial charge in [0.05, 0.1) is 25.3 Å². The van der Waals surface area contributed by atoms with Gasteiger partial charge in [-0.2, -0.15) is 13.2 Å². The van der Waals surface area contributed by atoms with E-state index in [4.69, 9.17) is 9.47 Å². The Bertz CT molecular complexity index is 787. The summed E-state index contributed by atoms with van der Waals surface area (Å²) in [5.41, 5.74) is 0.948. The third-order valence-corrected chi connectivity index (χ3v) is 5.35. The highest BCUT2D eigenvalue weighted by molar-refractivity contribution is 5.46. The molecule has 0 aromatic heterocycles. The molecule has 4 nitrogen and oxygen atoms in total. The number of methoxy groups -OCH3 is 2. The van der Waals surface area contributed by atoms with Crippen molar-refractivity contribution >= 4 is 0 Å². The molecule has 7 heteroatoms. The minimum absolute atomic E-state index is 0.378. The molecule has 0 radical (unpaired) electrons. The first-order valence-corrected chi connectivity index (χ1v) is 9.44. The quantitative estimate of drug-likeness (QED) is 0.768. The molecule has 28 heavy (non-hydrogen) atoms. The molecule has 1 aliphatic heterocycles. The van der Waals surface area contributed by atoms with Crippen molar-refractivity contribution in [2.45, 2.75) is 19.3 Å². The van der Waals surface area contributed by atoms with E-state index in [1.807, 2.05) is 18.2 Å². The molecule has 2 N–H and O–H groups in total. The van der Waals surface area contributed by atoms with Crippen molar-refractivity contribution < 1.29 is 32.4 Å². The lowest BCUT2D eigenvalue weighted by Crippen LogP contribution is -3.27. The zero-order valence-corrected chi connectivity index (χ0v) is 16.2. The van der Waals surface area contributed by atoms with Crippen LogP contribution in [0.5, 0.6) is 11.5 Å². The van der Waals surface area contributed by atoms with Crippen LogP contribution in [0.15, 0.2) is 42.5 Å². The molecule has 0 aliphatic carbocycles. The zero-order chi connectivity index (χ0) is 20.1. The minimum atomic E-state index is -4.30. The highest BCUT2D eigenvalue weighted by atomic mass is 19.4. The summed E-state index contributed by atoms with van der Waals surface area (Å²) in [6, 6.07) is 11.8. The molecular weight excluding hydrogens is 369 g/mol. The summed E-state index contributed by atoms with van der Waals surface area (Å²) in [6.07, 6.45) is -4.30. The van der Waals surface area contributed by atoms with Gasteiger partial charge in [-0.05, 0) is 18.2 Å². The maximum atomic E-state index is 13.2. The second kappa shape index (κ2) is 8.84. The lowest BCUT2D eigenvalue weighted by molar-refractivity contribution is -1.02. The number of nitrogens with one attached hydrogen (secondary N) is 2. The van der Waals surface area contributed by atoms with E-state index in [-0.39, 0.29) is 0 Å². The van der Waals surface area contributed by atoms with Crippen molar-refractivity contribution in [2.24, 2.45) is 0 Å². The number of rotatable bonds is 6. The van der Waals surface area contributed by atoms with Gasteiger partial charge in [-0.15, -0.1) is 0 Å². The van der Waals surface area contributed by atoms with Gasteiger partial charge in [-0.25, -0.2) is 0 Å². The molecule has 0 bridgehead atoms. The Balaban J connectivity index is 1.61. The van der Waals surface area contributed by atoms with Crippen molar-refractivity contribution in [1.29, 1.82) is 0 Å². The molecule has 2 aromatic rings. The molecule has 3 rings (SSSR count). The second-order valence-corrected chi connectivity index (χ2v) is 7.16. The molecule has 2 aromatic carbocycles. The average molecular weight is 396 g/mol. The van der Waals surface area contributed by atoms with Gasteiger partial charge in [0.2, 0.25) is 0 Å². The summed E-state index contributed by atoms with van der Waals surface area (Å²) in [5, 5.41) is 0. The van der Waals surface area contributed by atoms with Crippen molar-refractivity contribution in [3.63, 3.8) is 0 Å². The van der Waals surface area contributed by atoms with Crippen LogP contribution in [0, 0.1) is 0 Å². The summed E-state index contributed by atoms with van der Waals surface area (Å²) in [6.45, 7) is 4.72. The van der Waals surface area contributed by atoms with Crippen LogP contribution in [0.3, 0.4) is 0 Å². The molecule has 1 saturated heterocycles. The minimum Gasteiger partial charge on any atom is -0.493 e. The van der Waals surface area contributed by atoms with Gasteiger partial charge >= 0.3 is 6.18 Å². The van der Waals surface area contributed by atoms with E-state index < -0.39 is 11.7 Å². The monoisotopic (exact) mass is 396 g/mol. The molecular formula is C21H27F3N2O2+2. The van der Waals surface area contributed by atoms with Gasteiger partial charge < -0.3 is 19.3 Å². The van der Waals surface area contributed by atoms with Crippen LogP contribution in [0.2, 0.25) is 0 Å². The molecule has 1 aliphatic rings. The van der Waals surface area contributed by atoms with Gasteiger partial charge in [0.25, 0.3) is 0 Å². The number of hydrogen-bond donors (Lipinski definition) is 2. The average Bonchev–Trinajstić information content (AvgIpc) is 2.69. The Kier molecular flexibility index (Phi) is 6.46. The smallest absolute Gasteiger partial charge is 0.416 e. The number of hydrogen-bond acceptors (Lipinski definition) is 2. The number of halogens is 3. The van der Waals surface area contributed by atoms with E-state index in [1.165, 1.54) is 21.9 Å². The standard InChI is InChI=1S/C21H25F3N2O2/c1-27-19-9-5-7-17(20(19)28-2)15-26-12-10-25(11-13-26)14-16-6-3-4-8-18(16)21(22,23)24/h3-9H,10-15H2,1-2H3/p+2. The van der Waals surface area contributed by atoms with Crippen LogP contribution < -0.4 is 19.3 Å². The molecule has 152 valence electrons. The first kappa shape index (κ1) is 20.5. The highest BCUT2D eigenvalue weighted by Crippen LogP contribution is 2.31.